The second-order valence-electron chi connectivity index (χ2n) is 7.22. The zero-order valence-corrected chi connectivity index (χ0v) is 15.6. The van der Waals surface area contributed by atoms with E-state index in [-0.39, 0.29) is 11.8 Å². The number of hydrogen-bond acceptors (Lipinski definition) is 3. The van der Waals surface area contributed by atoms with E-state index in [1.165, 1.54) is 0 Å². The molecule has 2 aromatic carbocycles. The number of aryl methyl sites for hydroxylation is 1. The van der Waals surface area contributed by atoms with Gasteiger partial charge in [-0.15, -0.1) is 0 Å². The third-order valence-corrected chi connectivity index (χ3v) is 4.55. The highest BCUT2D eigenvalue weighted by Gasteiger charge is 2.37. The molecule has 1 aliphatic heterocycles. The third-order valence-electron chi connectivity index (χ3n) is 4.55. The largest absolute Gasteiger partial charge is 0.490 e. The van der Waals surface area contributed by atoms with E-state index in [4.69, 9.17) is 4.74 Å². The van der Waals surface area contributed by atoms with Gasteiger partial charge in [-0.05, 0) is 58.0 Å². The number of anilines is 2. The Labute approximate surface area is 154 Å². The van der Waals surface area contributed by atoms with Crippen LogP contribution in [0, 0.1) is 12.3 Å². The maximum atomic E-state index is 12.8. The summed E-state index contributed by atoms with van der Waals surface area (Å²) < 4.78 is 5.85. The number of hydrogen-bond donors (Lipinski definition) is 1. The quantitative estimate of drug-likeness (QED) is 0.908. The smallest absolute Gasteiger partial charge is 0.255 e. The van der Waals surface area contributed by atoms with Crippen molar-refractivity contribution in [3.8, 4) is 5.75 Å². The molecule has 3 rings (SSSR count). The first-order chi connectivity index (χ1) is 12.3. The number of nitrogens with zero attached hydrogens (tertiary/aromatic N) is 1. The van der Waals surface area contributed by atoms with Gasteiger partial charge in [0.05, 0.1) is 11.1 Å². The van der Waals surface area contributed by atoms with E-state index >= 15 is 0 Å². The van der Waals surface area contributed by atoms with Crippen LogP contribution in [0.2, 0.25) is 0 Å². The van der Waals surface area contributed by atoms with Crippen molar-refractivity contribution in [3.05, 3.63) is 53.6 Å². The van der Waals surface area contributed by atoms with E-state index in [0.29, 0.717) is 35.8 Å². The van der Waals surface area contributed by atoms with Gasteiger partial charge in [-0.2, -0.15) is 0 Å². The summed E-state index contributed by atoms with van der Waals surface area (Å²) in [4.78, 5) is 27.0. The van der Waals surface area contributed by atoms with Crippen molar-refractivity contribution in [2.75, 3.05) is 23.4 Å². The Hall–Kier alpha value is -2.82. The SMILES string of the molecule is CCN1C(=O)C(C)(C)COc2ccc(NC(=O)c3ccc(C)cc3)cc21. The van der Waals surface area contributed by atoms with Crippen LogP contribution in [0.15, 0.2) is 42.5 Å². The fraction of sp³-hybridized carbons (Fsp3) is 0.333. The standard InChI is InChI=1S/C21H24N2O3/c1-5-23-17-12-16(22-19(24)15-8-6-14(2)7-9-15)10-11-18(17)26-13-21(3,4)20(23)25/h6-12H,5,13H2,1-4H3,(H,22,24). The molecule has 0 saturated heterocycles. The number of carbonyl (C=O) groups excluding carboxylic acids is 2. The molecule has 0 radical (unpaired) electrons. The summed E-state index contributed by atoms with van der Waals surface area (Å²) in [7, 11) is 0. The van der Waals surface area contributed by atoms with Crippen molar-refractivity contribution < 1.29 is 14.3 Å². The molecule has 0 aromatic heterocycles. The minimum Gasteiger partial charge on any atom is -0.490 e. The molecule has 5 heteroatoms. The normalized spacial score (nSPS) is 15.7. The summed E-state index contributed by atoms with van der Waals surface area (Å²) in [6.07, 6.45) is 0. The molecule has 136 valence electrons. The Morgan fingerprint density at radius 3 is 2.54 bits per heavy atom. The summed E-state index contributed by atoms with van der Waals surface area (Å²) in [5.74, 6) is 0.481. The Morgan fingerprint density at radius 1 is 1.19 bits per heavy atom. The van der Waals surface area contributed by atoms with E-state index in [2.05, 4.69) is 5.32 Å². The Balaban J connectivity index is 1.89. The van der Waals surface area contributed by atoms with Crippen LogP contribution in [0.4, 0.5) is 11.4 Å². The number of benzene rings is 2. The lowest BCUT2D eigenvalue weighted by Crippen LogP contribution is -2.42. The maximum absolute atomic E-state index is 12.8. The van der Waals surface area contributed by atoms with E-state index in [0.717, 1.165) is 5.56 Å². The van der Waals surface area contributed by atoms with Gasteiger partial charge in [0.15, 0.2) is 0 Å². The first-order valence-corrected chi connectivity index (χ1v) is 8.78. The second kappa shape index (κ2) is 6.83. The van der Waals surface area contributed by atoms with E-state index in [9.17, 15) is 9.59 Å². The van der Waals surface area contributed by atoms with Gasteiger partial charge in [-0.3, -0.25) is 9.59 Å². The Bertz CT molecular complexity index is 841. The van der Waals surface area contributed by atoms with Crippen LogP contribution < -0.4 is 15.0 Å². The van der Waals surface area contributed by atoms with Gasteiger partial charge in [0.1, 0.15) is 12.4 Å². The van der Waals surface area contributed by atoms with Crippen molar-refractivity contribution in [1.82, 2.24) is 0 Å². The van der Waals surface area contributed by atoms with E-state index in [1.807, 2.05) is 39.8 Å². The average Bonchev–Trinajstić information content (AvgIpc) is 2.70. The van der Waals surface area contributed by atoms with Crippen LogP contribution in [-0.2, 0) is 4.79 Å². The lowest BCUT2D eigenvalue weighted by Gasteiger charge is -2.27. The minimum atomic E-state index is -0.597. The molecule has 1 N–H and O–H groups in total. The molecule has 1 aliphatic rings. The Kier molecular flexibility index (Phi) is 4.72. The lowest BCUT2D eigenvalue weighted by atomic mass is 9.93. The third kappa shape index (κ3) is 3.43. The van der Waals surface area contributed by atoms with Gasteiger partial charge in [0.2, 0.25) is 5.91 Å². The molecular weight excluding hydrogens is 328 g/mol. The fourth-order valence-corrected chi connectivity index (χ4v) is 2.94. The predicted molar refractivity (Wildman–Crippen MR) is 103 cm³/mol. The highest BCUT2D eigenvalue weighted by atomic mass is 16.5. The zero-order chi connectivity index (χ0) is 18.9. The summed E-state index contributed by atoms with van der Waals surface area (Å²) >= 11 is 0. The zero-order valence-electron chi connectivity index (χ0n) is 15.6. The van der Waals surface area contributed by atoms with Crippen LogP contribution in [-0.4, -0.2) is 25.0 Å². The molecule has 0 unspecified atom stereocenters. The predicted octanol–water partition coefficient (Wildman–Crippen LogP) is 4.02. The van der Waals surface area contributed by atoms with Crippen molar-refractivity contribution in [2.45, 2.75) is 27.7 Å². The van der Waals surface area contributed by atoms with Gasteiger partial charge in [0.25, 0.3) is 5.91 Å². The monoisotopic (exact) mass is 352 g/mol. The number of fused-ring (bicyclic) bond motifs is 1. The summed E-state index contributed by atoms with van der Waals surface area (Å²) in [6.45, 7) is 8.53. The minimum absolute atomic E-state index is 0.0146. The summed E-state index contributed by atoms with van der Waals surface area (Å²) in [5.41, 5.74) is 2.41. The first kappa shape index (κ1) is 18.0. The van der Waals surface area contributed by atoms with Gasteiger partial charge < -0.3 is 15.0 Å². The summed E-state index contributed by atoms with van der Waals surface area (Å²) in [5, 5.41) is 2.90. The number of ether oxygens (including phenoxy) is 1. The number of amides is 2. The average molecular weight is 352 g/mol. The molecule has 0 saturated carbocycles. The van der Waals surface area contributed by atoms with Gasteiger partial charge >= 0.3 is 0 Å². The van der Waals surface area contributed by atoms with Crippen molar-refractivity contribution in [3.63, 3.8) is 0 Å². The maximum Gasteiger partial charge on any atom is 0.255 e. The molecule has 0 spiro atoms. The van der Waals surface area contributed by atoms with Crippen molar-refractivity contribution in [2.24, 2.45) is 5.41 Å². The van der Waals surface area contributed by atoms with Crippen molar-refractivity contribution in [1.29, 1.82) is 0 Å². The first-order valence-electron chi connectivity index (χ1n) is 8.78. The van der Waals surface area contributed by atoms with Crippen molar-refractivity contribution >= 4 is 23.2 Å². The van der Waals surface area contributed by atoms with E-state index < -0.39 is 5.41 Å². The van der Waals surface area contributed by atoms with E-state index in [1.54, 1.807) is 35.2 Å². The molecule has 1 heterocycles. The number of carbonyl (C=O) groups is 2. The molecule has 5 nitrogen and oxygen atoms in total. The highest BCUT2D eigenvalue weighted by molar-refractivity contribution is 6.05. The van der Waals surface area contributed by atoms with Gasteiger partial charge in [-0.1, -0.05) is 17.7 Å². The topological polar surface area (TPSA) is 58.6 Å². The highest BCUT2D eigenvalue weighted by Crippen LogP contribution is 2.38. The van der Waals surface area contributed by atoms with Gasteiger partial charge in [-0.25, -0.2) is 0 Å². The molecule has 0 atom stereocenters. The molecule has 0 bridgehead atoms. The fourth-order valence-electron chi connectivity index (χ4n) is 2.94. The second-order valence-corrected chi connectivity index (χ2v) is 7.22. The molecule has 0 aliphatic carbocycles. The number of rotatable bonds is 3. The number of nitrogens with one attached hydrogen (secondary N) is 1. The molecule has 2 amide bonds. The summed E-state index contributed by atoms with van der Waals surface area (Å²) in [6, 6.07) is 12.8. The molecule has 0 fully saturated rings. The van der Waals surface area contributed by atoms with Crippen LogP contribution in [0.3, 0.4) is 0 Å². The molecule has 26 heavy (non-hydrogen) atoms. The van der Waals surface area contributed by atoms with Crippen LogP contribution >= 0.6 is 0 Å². The van der Waals surface area contributed by atoms with Crippen LogP contribution in [0.25, 0.3) is 0 Å². The molecular formula is C21H24N2O3. The van der Waals surface area contributed by atoms with Crippen LogP contribution in [0.5, 0.6) is 5.75 Å². The molecule has 2 aromatic rings. The lowest BCUT2D eigenvalue weighted by molar-refractivity contribution is -0.127. The van der Waals surface area contributed by atoms with Crippen LogP contribution in [0.1, 0.15) is 36.7 Å². The van der Waals surface area contributed by atoms with Gasteiger partial charge in [0, 0.05) is 17.8 Å². The Morgan fingerprint density at radius 2 is 1.88 bits per heavy atom.